The predicted molar refractivity (Wildman–Crippen MR) is 102 cm³/mol. The first kappa shape index (κ1) is 20.6. The fraction of sp³-hybridized carbons (Fsp3) is 0.300. The summed E-state index contributed by atoms with van der Waals surface area (Å²) in [5.74, 6) is -0.796. The van der Waals surface area contributed by atoms with E-state index in [9.17, 15) is 22.4 Å². The van der Waals surface area contributed by atoms with Gasteiger partial charge < -0.3 is 14.8 Å². The highest BCUT2D eigenvalue weighted by Gasteiger charge is 2.32. The summed E-state index contributed by atoms with van der Waals surface area (Å²) >= 11 is 0. The summed E-state index contributed by atoms with van der Waals surface area (Å²) in [5, 5.41) is 3.42. The number of alkyl halides is 3. The van der Waals surface area contributed by atoms with Crippen LogP contribution < -0.4 is 5.32 Å². The average molecular weight is 408 g/mol. The van der Waals surface area contributed by atoms with Gasteiger partial charge in [-0.05, 0) is 43.7 Å². The van der Waals surface area contributed by atoms with Crippen molar-refractivity contribution in [1.82, 2.24) is 14.5 Å². The first-order valence-corrected chi connectivity index (χ1v) is 8.94. The number of likely N-dealkylation sites (N-methyl/N-ethyl adjacent to an activating group) is 1. The van der Waals surface area contributed by atoms with Crippen LogP contribution >= 0.6 is 0 Å². The van der Waals surface area contributed by atoms with Crippen LogP contribution in [0.25, 0.3) is 10.9 Å². The lowest BCUT2D eigenvalue weighted by atomic mass is 10.1. The number of rotatable bonds is 5. The molecule has 9 heteroatoms. The number of hydrogen-bond acceptors (Lipinski definition) is 3. The Morgan fingerprint density at radius 1 is 1.28 bits per heavy atom. The number of carbonyl (C=O) groups excluding carboxylic acids is 1. The molecule has 1 amide bonds. The van der Waals surface area contributed by atoms with Crippen LogP contribution in [0.1, 0.15) is 18.1 Å². The summed E-state index contributed by atoms with van der Waals surface area (Å²) < 4.78 is 54.7. The number of pyridine rings is 1. The molecule has 154 valence electrons. The molecule has 0 bridgehead atoms. The second kappa shape index (κ2) is 7.73. The van der Waals surface area contributed by atoms with E-state index < -0.39 is 17.6 Å². The molecule has 0 aliphatic heterocycles. The van der Waals surface area contributed by atoms with Gasteiger partial charge in [0.25, 0.3) is 0 Å². The Hall–Kier alpha value is -3.10. The quantitative estimate of drug-likeness (QED) is 0.622. The van der Waals surface area contributed by atoms with E-state index in [1.165, 1.54) is 13.1 Å². The second-order valence-corrected chi connectivity index (χ2v) is 6.72. The summed E-state index contributed by atoms with van der Waals surface area (Å²) in [4.78, 5) is 18.0. The molecule has 1 aromatic carbocycles. The first-order chi connectivity index (χ1) is 13.6. The fourth-order valence-corrected chi connectivity index (χ4v) is 2.99. The molecule has 0 aliphatic carbocycles. The Balaban J connectivity index is 1.95. The summed E-state index contributed by atoms with van der Waals surface area (Å²) in [6, 6.07) is 4.78. The van der Waals surface area contributed by atoms with Crippen LogP contribution in [0.15, 0.2) is 36.7 Å². The smallest absolute Gasteiger partial charge is 0.344 e. The normalized spacial score (nSPS) is 11.7. The van der Waals surface area contributed by atoms with Crippen LogP contribution in [-0.2, 0) is 17.5 Å². The van der Waals surface area contributed by atoms with E-state index in [4.69, 9.17) is 0 Å². The highest BCUT2D eigenvalue weighted by Crippen LogP contribution is 2.35. The molecule has 2 aromatic heterocycles. The first-order valence-electron chi connectivity index (χ1n) is 8.94. The molecule has 3 aromatic rings. The Morgan fingerprint density at radius 2 is 2.00 bits per heavy atom. The van der Waals surface area contributed by atoms with Gasteiger partial charge in [0, 0.05) is 31.4 Å². The molecular formula is C20H20F4N4O. The Morgan fingerprint density at radius 3 is 2.62 bits per heavy atom. The van der Waals surface area contributed by atoms with Crippen LogP contribution in [0.5, 0.6) is 0 Å². The van der Waals surface area contributed by atoms with Crippen molar-refractivity contribution in [3.63, 3.8) is 0 Å². The number of fused-ring (bicyclic) bond motifs is 1. The molecular weight excluding hydrogens is 388 g/mol. The van der Waals surface area contributed by atoms with E-state index in [0.29, 0.717) is 29.3 Å². The van der Waals surface area contributed by atoms with Gasteiger partial charge in [0.1, 0.15) is 18.2 Å². The van der Waals surface area contributed by atoms with Gasteiger partial charge in [0.2, 0.25) is 5.91 Å². The fourth-order valence-electron chi connectivity index (χ4n) is 2.99. The summed E-state index contributed by atoms with van der Waals surface area (Å²) in [5.41, 5.74) is -0.317. The zero-order valence-electron chi connectivity index (χ0n) is 16.1. The lowest BCUT2D eigenvalue weighted by Gasteiger charge is -2.16. The maximum Gasteiger partial charge on any atom is 0.416 e. The van der Waals surface area contributed by atoms with Crippen LogP contribution in [-0.4, -0.2) is 34.0 Å². The molecule has 0 saturated heterocycles. The van der Waals surface area contributed by atoms with Crippen LogP contribution in [0, 0.1) is 12.7 Å². The van der Waals surface area contributed by atoms with E-state index >= 15 is 0 Å². The number of benzene rings is 1. The molecule has 5 nitrogen and oxygen atoms in total. The second-order valence-electron chi connectivity index (χ2n) is 6.72. The molecule has 3 rings (SSSR count). The molecule has 0 radical (unpaired) electrons. The highest BCUT2D eigenvalue weighted by atomic mass is 19.4. The Labute approximate surface area is 164 Å². The van der Waals surface area contributed by atoms with Crippen LogP contribution in [0.2, 0.25) is 0 Å². The summed E-state index contributed by atoms with van der Waals surface area (Å²) in [6.45, 7) is 3.98. The van der Waals surface area contributed by atoms with Crippen molar-refractivity contribution in [3.05, 3.63) is 53.6 Å². The minimum atomic E-state index is -4.63. The van der Waals surface area contributed by atoms with Crippen LogP contribution in [0.4, 0.5) is 29.1 Å². The number of hydrogen-bond donors (Lipinski definition) is 1. The van der Waals surface area contributed by atoms with Gasteiger partial charge in [0.05, 0.1) is 16.8 Å². The van der Waals surface area contributed by atoms with E-state index in [0.717, 1.165) is 6.07 Å². The van der Waals surface area contributed by atoms with Crippen molar-refractivity contribution in [1.29, 1.82) is 0 Å². The molecule has 0 saturated carbocycles. The highest BCUT2D eigenvalue weighted by molar-refractivity contribution is 5.93. The topological polar surface area (TPSA) is 50.2 Å². The molecule has 0 aliphatic rings. The monoisotopic (exact) mass is 408 g/mol. The van der Waals surface area contributed by atoms with Crippen molar-refractivity contribution in [2.45, 2.75) is 26.6 Å². The lowest BCUT2D eigenvalue weighted by Crippen LogP contribution is -2.29. The van der Waals surface area contributed by atoms with Crippen LogP contribution in [0.3, 0.4) is 0 Å². The number of anilines is 2. The molecule has 0 fully saturated rings. The predicted octanol–water partition coefficient (Wildman–Crippen LogP) is 4.72. The Kier molecular flexibility index (Phi) is 5.50. The number of halogens is 4. The maximum atomic E-state index is 14.4. The number of nitrogens with one attached hydrogen (secondary N) is 1. The lowest BCUT2D eigenvalue weighted by molar-refractivity contribution is -0.137. The number of aryl methyl sites for hydroxylation is 1. The van der Waals surface area contributed by atoms with E-state index in [1.807, 2.05) is 6.92 Å². The summed E-state index contributed by atoms with van der Waals surface area (Å²) in [6.07, 6.45) is -1.42. The number of amides is 1. The van der Waals surface area contributed by atoms with E-state index in [2.05, 4.69) is 10.3 Å². The van der Waals surface area contributed by atoms with Gasteiger partial charge in [-0.25, -0.2) is 9.37 Å². The third-order valence-corrected chi connectivity index (χ3v) is 4.76. The largest absolute Gasteiger partial charge is 0.416 e. The molecule has 29 heavy (non-hydrogen) atoms. The van der Waals surface area contributed by atoms with Crippen molar-refractivity contribution >= 4 is 28.3 Å². The standard InChI is InChI=1S/C20H20F4N4O/c1-4-27(3)17(29)11-28-8-6-14-16(28)5-7-25-19(14)26-18-12(2)9-13(10-15(18)21)20(22,23)24/h5-10H,4,11H2,1-3H3,(H,25,26). The average Bonchev–Trinajstić information content (AvgIpc) is 3.06. The molecule has 0 unspecified atom stereocenters. The van der Waals surface area contributed by atoms with Crippen molar-refractivity contribution in [2.24, 2.45) is 0 Å². The van der Waals surface area contributed by atoms with Gasteiger partial charge in [-0.15, -0.1) is 0 Å². The minimum Gasteiger partial charge on any atom is -0.344 e. The number of nitrogens with zero attached hydrogens (tertiary/aromatic N) is 3. The SMILES string of the molecule is CCN(C)C(=O)Cn1ccc2c(Nc3c(C)cc(C(F)(F)F)cc3F)nccc21. The third kappa shape index (κ3) is 4.18. The van der Waals surface area contributed by atoms with E-state index in [-0.39, 0.29) is 23.7 Å². The van der Waals surface area contributed by atoms with Gasteiger partial charge >= 0.3 is 6.18 Å². The maximum absolute atomic E-state index is 14.4. The van der Waals surface area contributed by atoms with Gasteiger partial charge in [-0.1, -0.05) is 0 Å². The third-order valence-electron chi connectivity index (χ3n) is 4.76. The van der Waals surface area contributed by atoms with Crippen molar-refractivity contribution < 1.29 is 22.4 Å². The van der Waals surface area contributed by atoms with Crippen molar-refractivity contribution in [2.75, 3.05) is 18.9 Å². The van der Waals surface area contributed by atoms with Crippen molar-refractivity contribution in [3.8, 4) is 0 Å². The van der Waals surface area contributed by atoms with E-state index in [1.54, 1.807) is 34.8 Å². The van der Waals surface area contributed by atoms with Gasteiger partial charge in [-0.3, -0.25) is 4.79 Å². The van der Waals surface area contributed by atoms with Gasteiger partial charge in [0.15, 0.2) is 0 Å². The van der Waals surface area contributed by atoms with Gasteiger partial charge in [-0.2, -0.15) is 13.2 Å². The Bertz CT molecular complexity index is 1040. The summed E-state index contributed by atoms with van der Waals surface area (Å²) in [7, 11) is 1.71. The molecule has 0 atom stereocenters. The molecule has 0 spiro atoms. The zero-order valence-corrected chi connectivity index (χ0v) is 16.1. The molecule has 1 N–H and O–H groups in total. The molecule has 2 heterocycles. The minimum absolute atomic E-state index is 0.0686. The number of carbonyl (C=O) groups is 1. The zero-order chi connectivity index (χ0) is 21.3. The number of aromatic nitrogens is 2.